The van der Waals surface area contributed by atoms with Gasteiger partial charge in [0.15, 0.2) is 0 Å². The fourth-order valence-electron chi connectivity index (χ4n) is 3.79. The van der Waals surface area contributed by atoms with Gasteiger partial charge in [0.2, 0.25) is 21.8 Å². The zero-order valence-corrected chi connectivity index (χ0v) is 17.4. The lowest BCUT2D eigenvalue weighted by Crippen LogP contribution is -2.33. The summed E-state index contributed by atoms with van der Waals surface area (Å²) < 4.78 is 27.2. The summed E-state index contributed by atoms with van der Waals surface area (Å²) in [6.07, 6.45) is 4.12. The Morgan fingerprint density at radius 1 is 1.07 bits per heavy atom. The lowest BCUT2D eigenvalue weighted by Gasteiger charge is -2.21. The van der Waals surface area contributed by atoms with Gasteiger partial charge in [0.05, 0.1) is 10.8 Å². The van der Waals surface area contributed by atoms with E-state index in [2.05, 4.69) is 5.32 Å². The van der Waals surface area contributed by atoms with Crippen LogP contribution < -0.4 is 5.32 Å². The molecule has 3 rings (SSSR count). The molecule has 154 valence electrons. The van der Waals surface area contributed by atoms with Crippen molar-refractivity contribution in [3.05, 3.63) is 24.3 Å². The Kier molecular flexibility index (Phi) is 6.40. The highest BCUT2D eigenvalue weighted by molar-refractivity contribution is 7.89. The van der Waals surface area contributed by atoms with Crippen LogP contribution in [0.4, 0.5) is 5.69 Å². The Morgan fingerprint density at radius 2 is 1.68 bits per heavy atom. The van der Waals surface area contributed by atoms with Gasteiger partial charge in [0, 0.05) is 37.8 Å². The number of sulfonamides is 1. The minimum absolute atomic E-state index is 0.00552. The summed E-state index contributed by atoms with van der Waals surface area (Å²) in [7, 11) is -3.50. The van der Waals surface area contributed by atoms with Crippen LogP contribution in [0.3, 0.4) is 0 Å². The molecule has 0 aliphatic carbocycles. The lowest BCUT2D eigenvalue weighted by atomic mass is 10.1. The number of likely N-dealkylation sites (tertiary alicyclic amines) is 1. The smallest absolute Gasteiger partial charge is 0.243 e. The number of carbonyl (C=O) groups is 2. The largest absolute Gasteiger partial charge is 0.339 e. The van der Waals surface area contributed by atoms with Crippen LogP contribution in [0.2, 0.25) is 0 Å². The van der Waals surface area contributed by atoms with Gasteiger partial charge in [0.25, 0.3) is 0 Å². The number of nitrogens with zero attached hydrogens (tertiary/aromatic N) is 2. The summed E-state index contributed by atoms with van der Waals surface area (Å²) in [5, 5.41) is 2.81. The molecule has 1 aromatic carbocycles. The maximum Gasteiger partial charge on any atom is 0.243 e. The van der Waals surface area contributed by atoms with Crippen LogP contribution in [0, 0.1) is 5.92 Å². The SMILES string of the molecule is CC(C)N1CC(C(=O)Nc2ccc(S(=O)(=O)N3CCCCCC3)cc2)CC1=O. The van der Waals surface area contributed by atoms with Gasteiger partial charge in [-0.05, 0) is 51.0 Å². The van der Waals surface area contributed by atoms with Crippen LogP contribution in [-0.2, 0) is 19.6 Å². The molecule has 2 aliphatic heterocycles. The highest BCUT2D eigenvalue weighted by Crippen LogP contribution is 2.24. The highest BCUT2D eigenvalue weighted by atomic mass is 32.2. The van der Waals surface area contributed by atoms with Gasteiger partial charge in [-0.25, -0.2) is 8.42 Å². The Balaban J connectivity index is 1.64. The van der Waals surface area contributed by atoms with Crippen molar-refractivity contribution in [2.75, 3.05) is 25.0 Å². The predicted octanol–water partition coefficient (Wildman–Crippen LogP) is 2.45. The molecule has 2 aliphatic rings. The van der Waals surface area contributed by atoms with Gasteiger partial charge in [-0.3, -0.25) is 9.59 Å². The fraction of sp³-hybridized carbons (Fsp3) is 0.600. The molecular weight excluding hydrogens is 378 g/mol. The maximum absolute atomic E-state index is 12.8. The normalized spacial score (nSPS) is 21.8. The van der Waals surface area contributed by atoms with Crippen molar-refractivity contribution in [3.8, 4) is 0 Å². The second-order valence-corrected chi connectivity index (χ2v) is 9.81. The van der Waals surface area contributed by atoms with E-state index in [-0.39, 0.29) is 35.1 Å². The van der Waals surface area contributed by atoms with Crippen molar-refractivity contribution in [2.24, 2.45) is 5.92 Å². The molecule has 28 heavy (non-hydrogen) atoms. The molecule has 0 bridgehead atoms. The molecular formula is C20H29N3O4S. The van der Waals surface area contributed by atoms with Crippen LogP contribution in [0.5, 0.6) is 0 Å². The number of rotatable bonds is 5. The van der Waals surface area contributed by atoms with Gasteiger partial charge >= 0.3 is 0 Å². The molecule has 0 aromatic heterocycles. The summed E-state index contributed by atoms with van der Waals surface area (Å²) in [4.78, 5) is 26.4. The number of nitrogens with one attached hydrogen (secondary N) is 1. The molecule has 2 saturated heterocycles. The summed E-state index contributed by atoms with van der Waals surface area (Å²) in [5.74, 6) is -0.593. The molecule has 1 N–H and O–H groups in total. The molecule has 1 unspecified atom stereocenters. The number of carbonyl (C=O) groups excluding carboxylic acids is 2. The third-order valence-corrected chi connectivity index (χ3v) is 7.39. The maximum atomic E-state index is 12.8. The van der Waals surface area contributed by atoms with E-state index < -0.39 is 10.0 Å². The first-order chi connectivity index (χ1) is 13.3. The summed E-state index contributed by atoms with van der Waals surface area (Å²) >= 11 is 0. The third-order valence-electron chi connectivity index (χ3n) is 5.48. The van der Waals surface area contributed by atoms with Crippen LogP contribution in [-0.4, -0.2) is 55.1 Å². The molecule has 1 aromatic rings. The number of hydrogen-bond acceptors (Lipinski definition) is 4. The number of amides is 2. The highest BCUT2D eigenvalue weighted by Gasteiger charge is 2.35. The quantitative estimate of drug-likeness (QED) is 0.812. The second kappa shape index (κ2) is 8.61. The third kappa shape index (κ3) is 4.55. The van der Waals surface area contributed by atoms with Gasteiger partial charge in [-0.1, -0.05) is 12.8 Å². The van der Waals surface area contributed by atoms with E-state index in [1.807, 2.05) is 13.8 Å². The molecule has 0 spiro atoms. The first-order valence-corrected chi connectivity index (χ1v) is 11.4. The van der Waals surface area contributed by atoms with Crippen molar-refractivity contribution < 1.29 is 18.0 Å². The topological polar surface area (TPSA) is 86.8 Å². The summed E-state index contributed by atoms with van der Waals surface area (Å²) in [6, 6.07) is 6.37. The Morgan fingerprint density at radius 3 is 2.21 bits per heavy atom. The summed E-state index contributed by atoms with van der Waals surface area (Å²) in [5.41, 5.74) is 0.537. The average Bonchev–Trinajstić information content (AvgIpc) is 2.86. The second-order valence-electron chi connectivity index (χ2n) is 7.87. The monoisotopic (exact) mass is 407 g/mol. The standard InChI is InChI=1S/C20H29N3O4S/c1-15(2)23-14-16(13-19(23)24)20(25)21-17-7-9-18(10-8-17)28(26,27)22-11-5-3-4-6-12-22/h7-10,15-16H,3-6,11-14H2,1-2H3,(H,21,25). The molecule has 2 heterocycles. The average molecular weight is 408 g/mol. The minimum Gasteiger partial charge on any atom is -0.339 e. The van der Waals surface area contributed by atoms with E-state index in [9.17, 15) is 18.0 Å². The zero-order valence-electron chi connectivity index (χ0n) is 16.6. The molecule has 8 heteroatoms. The van der Waals surface area contributed by atoms with E-state index in [1.54, 1.807) is 21.3 Å². The van der Waals surface area contributed by atoms with Crippen molar-refractivity contribution in [1.29, 1.82) is 0 Å². The molecule has 2 amide bonds. The van der Waals surface area contributed by atoms with Gasteiger partial charge in [-0.2, -0.15) is 4.31 Å². The van der Waals surface area contributed by atoms with Crippen LogP contribution in [0.25, 0.3) is 0 Å². The molecule has 1 atom stereocenters. The minimum atomic E-state index is -3.50. The fourth-order valence-corrected chi connectivity index (χ4v) is 5.31. The number of benzene rings is 1. The van der Waals surface area contributed by atoms with Crippen molar-refractivity contribution >= 4 is 27.5 Å². The van der Waals surface area contributed by atoms with E-state index in [4.69, 9.17) is 0 Å². The van der Waals surface area contributed by atoms with Gasteiger partial charge in [-0.15, -0.1) is 0 Å². The molecule has 0 saturated carbocycles. The number of anilines is 1. The van der Waals surface area contributed by atoms with Crippen LogP contribution >= 0.6 is 0 Å². The Labute approximate surface area is 167 Å². The van der Waals surface area contributed by atoms with E-state index in [1.165, 1.54) is 12.1 Å². The Bertz CT molecular complexity index is 812. The van der Waals surface area contributed by atoms with Gasteiger partial charge < -0.3 is 10.2 Å². The summed E-state index contributed by atoms with van der Waals surface area (Å²) in [6.45, 7) is 5.40. The lowest BCUT2D eigenvalue weighted by molar-refractivity contribution is -0.129. The van der Waals surface area contributed by atoms with Crippen LogP contribution in [0.1, 0.15) is 46.0 Å². The molecule has 7 nitrogen and oxygen atoms in total. The molecule has 2 fully saturated rings. The van der Waals surface area contributed by atoms with Crippen molar-refractivity contribution in [2.45, 2.75) is 56.9 Å². The van der Waals surface area contributed by atoms with Crippen molar-refractivity contribution in [1.82, 2.24) is 9.21 Å². The van der Waals surface area contributed by atoms with Gasteiger partial charge in [0.1, 0.15) is 0 Å². The van der Waals surface area contributed by atoms with E-state index >= 15 is 0 Å². The zero-order chi connectivity index (χ0) is 20.3. The predicted molar refractivity (Wildman–Crippen MR) is 107 cm³/mol. The Hall–Kier alpha value is -1.93. The van der Waals surface area contributed by atoms with E-state index in [0.717, 1.165) is 25.7 Å². The first kappa shape index (κ1) is 20.8. The van der Waals surface area contributed by atoms with Crippen molar-refractivity contribution in [3.63, 3.8) is 0 Å². The number of hydrogen-bond donors (Lipinski definition) is 1. The van der Waals surface area contributed by atoms with E-state index in [0.29, 0.717) is 25.3 Å². The molecule has 0 radical (unpaired) electrons. The van der Waals surface area contributed by atoms with Crippen LogP contribution in [0.15, 0.2) is 29.2 Å². The first-order valence-electron chi connectivity index (χ1n) is 9.99.